The zero-order valence-electron chi connectivity index (χ0n) is 19.4. The number of hydrogen-bond acceptors (Lipinski definition) is 6. The van der Waals surface area contributed by atoms with Gasteiger partial charge >= 0.3 is 0 Å². The highest BCUT2D eigenvalue weighted by molar-refractivity contribution is 7.92. The van der Waals surface area contributed by atoms with E-state index in [-0.39, 0.29) is 17.5 Å². The summed E-state index contributed by atoms with van der Waals surface area (Å²) in [5, 5.41) is 15.4. The lowest BCUT2D eigenvalue weighted by atomic mass is 10.0. The fourth-order valence-corrected chi connectivity index (χ4v) is 4.45. The van der Waals surface area contributed by atoms with Crippen molar-refractivity contribution in [1.82, 2.24) is 10.2 Å². The molecule has 4 aromatic rings. The van der Waals surface area contributed by atoms with E-state index in [4.69, 9.17) is 0 Å². The number of nitrogens with one attached hydrogen (secondary N) is 4. The molecule has 0 bridgehead atoms. The first-order valence-electron chi connectivity index (χ1n) is 10.9. The molecule has 4 N–H and O–H groups in total. The molecule has 182 valence electrons. The number of sulfonamides is 1. The molecule has 36 heavy (non-hydrogen) atoms. The van der Waals surface area contributed by atoms with E-state index in [0.29, 0.717) is 39.6 Å². The van der Waals surface area contributed by atoms with Crippen molar-refractivity contribution in [3.05, 3.63) is 84.2 Å². The van der Waals surface area contributed by atoms with Gasteiger partial charge in [0, 0.05) is 24.5 Å². The van der Waals surface area contributed by atoms with Gasteiger partial charge < -0.3 is 16.0 Å². The summed E-state index contributed by atoms with van der Waals surface area (Å²) in [5.41, 5.74) is 4.83. The average molecular weight is 503 g/mol. The maximum absolute atomic E-state index is 13.0. The monoisotopic (exact) mass is 502 g/mol. The highest BCUT2D eigenvalue weighted by atomic mass is 32.2. The smallest absolute Gasteiger partial charge is 0.276 e. The third-order valence-electron chi connectivity index (χ3n) is 5.84. The number of nitrogens with zero attached hydrogens (tertiary/aromatic N) is 2. The predicted octanol–water partition coefficient (Wildman–Crippen LogP) is 4.03. The molecule has 3 aromatic carbocycles. The summed E-state index contributed by atoms with van der Waals surface area (Å²) >= 11 is 0. The molecule has 1 aliphatic heterocycles. The number of amides is 2. The fourth-order valence-electron chi connectivity index (χ4n) is 3.94. The summed E-state index contributed by atoms with van der Waals surface area (Å²) in [5.74, 6) is -0.699. The summed E-state index contributed by atoms with van der Waals surface area (Å²) < 4.78 is 25.6. The molecule has 11 heteroatoms. The van der Waals surface area contributed by atoms with Gasteiger partial charge in [0.05, 0.1) is 34.6 Å². The van der Waals surface area contributed by atoms with Crippen molar-refractivity contribution in [2.24, 2.45) is 0 Å². The van der Waals surface area contributed by atoms with Gasteiger partial charge in [-0.3, -0.25) is 19.0 Å². The van der Waals surface area contributed by atoms with Crippen molar-refractivity contribution in [3.63, 3.8) is 0 Å². The maximum atomic E-state index is 13.0. The van der Waals surface area contributed by atoms with Crippen LogP contribution in [0.25, 0.3) is 11.1 Å². The summed E-state index contributed by atoms with van der Waals surface area (Å²) in [4.78, 5) is 25.3. The lowest BCUT2D eigenvalue weighted by molar-refractivity contribution is 0.101. The van der Waals surface area contributed by atoms with Gasteiger partial charge in [0.15, 0.2) is 0 Å². The summed E-state index contributed by atoms with van der Waals surface area (Å²) in [6, 6.07) is 19.1. The van der Waals surface area contributed by atoms with Crippen molar-refractivity contribution in [1.29, 1.82) is 0 Å². The molecular weight excluding hydrogens is 480 g/mol. The van der Waals surface area contributed by atoms with Crippen LogP contribution >= 0.6 is 0 Å². The molecule has 0 atom stereocenters. The molecule has 0 fully saturated rings. The summed E-state index contributed by atoms with van der Waals surface area (Å²) in [6.07, 6.45) is 2.70. The van der Waals surface area contributed by atoms with Crippen LogP contribution in [0.2, 0.25) is 0 Å². The van der Waals surface area contributed by atoms with Crippen molar-refractivity contribution >= 4 is 50.3 Å². The molecule has 5 rings (SSSR count). The number of anilines is 5. The molecular formula is C25H22N6O4S. The minimum Gasteiger partial charge on any atom is -0.353 e. The highest BCUT2D eigenvalue weighted by Gasteiger charge is 2.22. The molecule has 2 amide bonds. The van der Waals surface area contributed by atoms with E-state index < -0.39 is 10.0 Å². The Balaban J connectivity index is 1.48. The summed E-state index contributed by atoms with van der Waals surface area (Å²) in [6.45, 7) is 0. The van der Waals surface area contributed by atoms with Crippen LogP contribution in [0.15, 0.2) is 72.9 Å². The highest BCUT2D eigenvalue weighted by Crippen LogP contribution is 2.38. The number of aromatic nitrogens is 2. The van der Waals surface area contributed by atoms with Crippen LogP contribution in [0.3, 0.4) is 0 Å². The molecule has 0 spiro atoms. The van der Waals surface area contributed by atoms with E-state index in [1.165, 1.54) is 11.4 Å². The number of fused-ring (bicyclic) bond motifs is 2. The Kier molecular flexibility index (Phi) is 5.69. The Morgan fingerprint density at radius 1 is 0.917 bits per heavy atom. The van der Waals surface area contributed by atoms with E-state index in [0.717, 1.165) is 11.8 Å². The number of benzene rings is 3. The van der Waals surface area contributed by atoms with Crippen molar-refractivity contribution < 1.29 is 18.0 Å². The van der Waals surface area contributed by atoms with Crippen LogP contribution in [0, 0.1) is 0 Å². The molecule has 0 aliphatic carbocycles. The second-order valence-corrected chi connectivity index (χ2v) is 10.3. The zero-order valence-corrected chi connectivity index (χ0v) is 20.2. The van der Waals surface area contributed by atoms with Gasteiger partial charge in [0.25, 0.3) is 11.8 Å². The number of carbonyl (C=O) groups excluding carboxylic acids is 2. The van der Waals surface area contributed by atoms with Crippen molar-refractivity contribution in [3.8, 4) is 11.1 Å². The van der Waals surface area contributed by atoms with Gasteiger partial charge in [-0.05, 0) is 48.0 Å². The molecule has 0 saturated carbocycles. The van der Waals surface area contributed by atoms with Gasteiger partial charge in [-0.25, -0.2) is 8.42 Å². The predicted molar refractivity (Wildman–Crippen MR) is 139 cm³/mol. The van der Waals surface area contributed by atoms with E-state index in [1.54, 1.807) is 54.7 Å². The van der Waals surface area contributed by atoms with Crippen LogP contribution in [0.5, 0.6) is 0 Å². The second kappa shape index (κ2) is 8.86. The Morgan fingerprint density at radius 2 is 1.72 bits per heavy atom. The first-order valence-corrected chi connectivity index (χ1v) is 12.8. The number of para-hydroxylation sites is 1. The number of rotatable bonds is 5. The largest absolute Gasteiger partial charge is 0.353 e. The van der Waals surface area contributed by atoms with Gasteiger partial charge in [-0.15, -0.1) is 0 Å². The van der Waals surface area contributed by atoms with E-state index in [2.05, 4.69) is 26.1 Å². The Hall–Kier alpha value is -4.64. The lowest BCUT2D eigenvalue weighted by Gasteiger charge is -2.21. The van der Waals surface area contributed by atoms with Gasteiger partial charge in [-0.1, -0.05) is 24.3 Å². The first-order chi connectivity index (χ1) is 17.2. The molecule has 0 saturated heterocycles. The minimum absolute atomic E-state index is 0.244. The number of carbonyl (C=O) groups is 2. The number of H-pyrrole nitrogens is 1. The third kappa shape index (κ3) is 4.39. The first kappa shape index (κ1) is 23.1. The SMILES string of the molecule is CN(c1ccccc1-c1ccc2c(c1)Nc1ccc(NC(=O)c3cc[nH]n3)cc1NC2=O)S(C)(=O)=O. The topological polar surface area (TPSA) is 136 Å². The molecule has 0 radical (unpaired) electrons. The Morgan fingerprint density at radius 3 is 2.47 bits per heavy atom. The van der Waals surface area contributed by atoms with Crippen molar-refractivity contribution in [2.45, 2.75) is 0 Å². The quantitative estimate of drug-likeness (QED) is 0.325. The fraction of sp³-hybridized carbons (Fsp3) is 0.0800. The average Bonchev–Trinajstić information content (AvgIpc) is 3.35. The Bertz CT molecular complexity index is 1600. The number of aromatic amines is 1. The van der Waals surface area contributed by atoms with E-state index >= 15 is 0 Å². The molecule has 2 heterocycles. The Labute approximate surface area is 207 Å². The third-order valence-corrected chi connectivity index (χ3v) is 7.04. The molecule has 10 nitrogen and oxygen atoms in total. The standard InChI is InChI=1S/C25H22N6O4S/c1-31(36(2,34)35)23-6-4-3-5-17(23)15-7-9-18-21(13-15)28-19-10-8-16(14-22(19)29-24(18)32)27-25(33)20-11-12-26-30-20/h3-14,28H,1-2H3,(H,26,30)(H,27,33)(H,29,32). The normalized spacial score (nSPS) is 12.4. The van der Waals surface area contributed by atoms with Gasteiger partial charge in [0.1, 0.15) is 5.69 Å². The minimum atomic E-state index is -3.47. The molecule has 1 aliphatic rings. The van der Waals surface area contributed by atoms with Crippen LogP contribution in [-0.2, 0) is 10.0 Å². The van der Waals surface area contributed by atoms with Crippen LogP contribution < -0.4 is 20.3 Å². The maximum Gasteiger partial charge on any atom is 0.276 e. The van der Waals surface area contributed by atoms with Crippen molar-refractivity contribution in [2.75, 3.05) is 33.6 Å². The van der Waals surface area contributed by atoms with Gasteiger partial charge in [0.2, 0.25) is 10.0 Å². The van der Waals surface area contributed by atoms with Crippen LogP contribution in [0.1, 0.15) is 20.8 Å². The lowest BCUT2D eigenvalue weighted by Crippen LogP contribution is -2.25. The summed E-state index contributed by atoms with van der Waals surface area (Å²) in [7, 11) is -1.97. The van der Waals surface area contributed by atoms with Crippen LogP contribution in [-0.4, -0.2) is 43.7 Å². The number of hydrogen-bond donors (Lipinski definition) is 4. The van der Waals surface area contributed by atoms with Crippen LogP contribution in [0.4, 0.5) is 28.4 Å². The van der Waals surface area contributed by atoms with E-state index in [9.17, 15) is 18.0 Å². The van der Waals surface area contributed by atoms with Gasteiger partial charge in [-0.2, -0.15) is 5.10 Å². The zero-order chi connectivity index (χ0) is 25.4. The van der Waals surface area contributed by atoms with E-state index in [1.807, 2.05) is 18.2 Å². The molecule has 1 aromatic heterocycles. The molecule has 0 unspecified atom stereocenters. The second-order valence-electron chi connectivity index (χ2n) is 8.26.